The lowest BCUT2D eigenvalue weighted by Gasteiger charge is -2.23. The van der Waals surface area contributed by atoms with Crippen molar-refractivity contribution in [2.75, 3.05) is 24.7 Å². The van der Waals surface area contributed by atoms with Crippen molar-refractivity contribution in [1.82, 2.24) is 25.0 Å². The molecule has 0 saturated carbocycles. The highest BCUT2D eigenvalue weighted by Crippen LogP contribution is 2.43. The monoisotopic (exact) mass is 410 g/mol. The molecule has 2 aromatic rings. The largest absolute Gasteiger partial charge is 0.394 e. The smallest absolute Gasteiger partial charge is 0.191 e. The molecular formula is C17H26N6O4S. The first-order valence-corrected chi connectivity index (χ1v) is 10.7. The molecule has 0 radical (unpaired) electrons. The van der Waals surface area contributed by atoms with Crippen LogP contribution in [0.3, 0.4) is 0 Å². The maximum absolute atomic E-state index is 9.71. The second-order valence-corrected chi connectivity index (χ2v) is 8.13. The molecule has 0 aromatic carbocycles. The zero-order valence-electron chi connectivity index (χ0n) is 16.5. The van der Waals surface area contributed by atoms with Gasteiger partial charge in [-0.3, -0.25) is 0 Å². The van der Waals surface area contributed by atoms with Crippen LogP contribution in [0.15, 0.2) is 5.16 Å². The number of fused-ring (bicyclic) bond motifs is 2. The highest BCUT2D eigenvalue weighted by molar-refractivity contribution is 7.98. The predicted molar refractivity (Wildman–Crippen MR) is 103 cm³/mol. The third-order valence-corrected chi connectivity index (χ3v) is 5.40. The molecule has 10 nitrogen and oxygen atoms in total. The number of ether oxygens (including phenoxy) is 3. The maximum Gasteiger partial charge on any atom is 0.191 e. The predicted octanol–water partition coefficient (Wildman–Crippen LogP) is 1.56. The van der Waals surface area contributed by atoms with Gasteiger partial charge in [0.25, 0.3) is 0 Å². The van der Waals surface area contributed by atoms with Crippen LogP contribution in [0.4, 0.5) is 5.82 Å². The number of aliphatic hydroxyl groups is 1. The van der Waals surface area contributed by atoms with Crippen LogP contribution in [0.5, 0.6) is 0 Å². The zero-order chi connectivity index (χ0) is 19.9. The summed E-state index contributed by atoms with van der Waals surface area (Å²) in [6.45, 7) is 6.46. The fourth-order valence-corrected chi connectivity index (χ4v) is 3.94. The number of nitrogens with zero attached hydrogens (tertiary/aromatic N) is 5. The normalized spacial score (nSPS) is 28.8. The molecule has 2 saturated heterocycles. The van der Waals surface area contributed by atoms with Crippen molar-refractivity contribution < 1.29 is 19.3 Å². The summed E-state index contributed by atoms with van der Waals surface area (Å²) in [6.07, 6.45) is 2.14. The summed E-state index contributed by atoms with van der Waals surface area (Å²) in [5.74, 6) is -0.0980. The van der Waals surface area contributed by atoms with Crippen molar-refractivity contribution in [2.24, 2.45) is 0 Å². The second kappa shape index (κ2) is 7.71. The Morgan fingerprint density at radius 2 is 2.04 bits per heavy atom. The Labute approximate surface area is 167 Å². The minimum absolute atomic E-state index is 0.168. The van der Waals surface area contributed by atoms with E-state index in [9.17, 15) is 5.11 Å². The van der Waals surface area contributed by atoms with Crippen molar-refractivity contribution in [3.8, 4) is 0 Å². The Morgan fingerprint density at radius 3 is 2.75 bits per heavy atom. The van der Waals surface area contributed by atoms with Crippen LogP contribution in [0.1, 0.15) is 39.8 Å². The molecule has 2 fully saturated rings. The Kier molecular flexibility index (Phi) is 5.45. The van der Waals surface area contributed by atoms with Crippen LogP contribution in [0.2, 0.25) is 0 Å². The average Bonchev–Trinajstić information content (AvgIpc) is 3.32. The molecule has 0 bridgehead atoms. The van der Waals surface area contributed by atoms with Gasteiger partial charge in [0.1, 0.15) is 18.3 Å². The van der Waals surface area contributed by atoms with Crippen LogP contribution in [-0.4, -0.2) is 73.6 Å². The second-order valence-electron chi connectivity index (χ2n) is 7.36. The molecular weight excluding hydrogens is 384 g/mol. The highest BCUT2D eigenvalue weighted by Gasteiger charge is 2.56. The van der Waals surface area contributed by atoms with Crippen molar-refractivity contribution in [3.63, 3.8) is 0 Å². The Hall–Kier alpha value is -1.53. The van der Waals surface area contributed by atoms with Gasteiger partial charge in [-0.2, -0.15) is 4.68 Å². The van der Waals surface area contributed by atoms with E-state index in [1.807, 2.05) is 20.1 Å². The molecule has 28 heavy (non-hydrogen) atoms. The molecule has 4 heterocycles. The van der Waals surface area contributed by atoms with E-state index in [1.54, 1.807) is 4.68 Å². The van der Waals surface area contributed by atoms with E-state index >= 15 is 0 Å². The third-order valence-electron chi connectivity index (χ3n) is 4.85. The summed E-state index contributed by atoms with van der Waals surface area (Å²) in [4.78, 5) is 9.14. The average molecular weight is 411 g/mol. The minimum Gasteiger partial charge on any atom is -0.394 e. The standard InChI is InChI=1S/C17H26N6O4S/c1-5-6-7-18-13-10-14(20-16(19-13)28-4)23(22-21-10)15-12-11(9(8-24)25-15)26-17(2,3)27-12/h9,11-12,15,24H,5-8H2,1-4H3,(H,18,19,20)/t9-,11-,12-,15-/m1/s1. The van der Waals surface area contributed by atoms with Crippen LogP contribution < -0.4 is 5.32 Å². The van der Waals surface area contributed by atoms with Gasteiger partial charge in [-0.1, -0.05) is 30.3 Å². The van der Waals surface area contributed by atoms with Crippen LogP contribution in [0, 0.1) is 0 Å². The molecule has 2 N–H and O–H groups in total. The topological polar surface area (TPSA) is 116 Å². The minimum atomic E-state index is -0.756. The fourth-order valence-electron chi connectivity index (χ4n) is 3.58. The number of aromatic nitrogens is 5. The lowest BCUT2D eigenvalue weighted by molar-refractivity contribution is -0.201. The molecule has 2 aliphatic rings. The molecule has 0 amide bonds. The molecule has 0 spiro atoms. The van der Waals surface area contributed by atoms with Crippen molar-refractivity contribution in [3.05, 3.63) is 0 Å². The summed E-state index contributed by atoms with van der Waals surface area (Å²) in [5.41, 5.74) is 1.15. The van der Waals surface area contributed by atoms with Gasteiger partial charge in [0.05, 0.1) is 6.61 Å². The molecule has 2 aromatic heterocycles. The molecule has 11 heteroatoms. The number of unbranched alkanes of at least 4 members (excludes halogenated alkanes) is 1. The molecule has 0 unspecified atom stereocenters. The van der Waals surface area contributed by atoms with E-state index in [1.165, 1.54) is 11.8 Å². The number of thioether (sulfide) groups is 1. The SMILES string of the molecule is CCCCNc1nc(SC)nc2c1nnn2[C@@H]1O[C@H](CO)[C@H]2OC(C)(C)O[C@H]21. The number of hydrogen-bond acceptors (Lipinski definition) is 10. The van der Waals surface area contributed by atoms with Gasteiger partial charge < -0.3 is 24.6 Å². The van der Waals surface area contributed by atoms with Gasteiger partial charge >= 0.3 is 0 Å². The number of nitrogens with one attached hydrogen (secondary N) is 1. The van der Waals surface area contributed by atoms with E-state index < -0.39 is 24.2 Å². The summed E-state index contributed by atoms with van der Waals surface area (Å²) < 4.78 is 19.6. The number of aliphatic hydroxyl groups excluding tert-OH is 1. The highest BCUT2D eigenvalue weighted by atomic mass is 32.2. The Bertz CT molecular complexity index is 846. The first kappa shape index (κ1) is 19.8. The first-order chi connectivity index (χ1) is 13.5. The first-order valence-electron chi connectivity index (χ1n) is 9.50. The van der Waals surface area contributed by atoms with Crippen LogP contribution in [0.25, 0.3) is 11.2 Å². The van der Waals surface area contributed by atoms with E-state index in [2.05, 4.69) is 32.5 Å². The summed E-state index contributed by atoms with van der Waals surface area (Å²) >= 11 is 1.45. The summed E-state index contributed by atoms with van der Waals surface area (Å²) in [7, 11) is 0. The van der Waals surface area contributed by atoms with Crippen LogP contribution >= 0.6 is 11.8 Å². The van der Waals surface area contributed by atoms with Gasteiger partial charge in [0.2, 0.25) is 0 Å². The lowest BCUT2D eigenvalue weighted by Crippen LogP contribution is -2.31. The quantitative estimate of drug-likeness (QED) is 0.396. The van der Waals surface area contributed by atoms with Crippen molar-refractivity contribution in [2.45, 2.75) is 69.1 Å². The number of anilines is 1. The number of rotatable bonds is 7. The van der Waals surface area contributed by atoms with E-state index in [0.29, 0.717) is 22.1 Å². The molecule has 2 aliphatic heterocycles. The van der Waals surface area contributed by atoms with Crippen molar-refractivity contribution >= 4 is 28.7 Å². The van der Waals surface area contributed by atoms with Gasteiger partial charge in [-0.05, 0) is 26.5 Å². The molecule has 4 rings (SSSR count). The van der Waals surface area contributed by atoms with E-state index in [-0.39, 0.29) is 12.7 Å². The summed E-state index contributed by atoms with van der Waals surface area (Å²) in [5, 5.41) is 22.2. The van der Waals surface area contributed by atoms with E-state index in [4.69, 9.17) is 14.2 Å². The van der Waals surface area contributed by atoms with Crippen molar-refractivity contribution in [1.29, 1.82) is 0 Å². The molecule has 154 valence electrons. The third kappa shape index (κ3) is 3.45. The van der Waals surface area contributed by atoms with Gasteiger partial charge in [-0.25, -0.2) is 9.97 Å². The number of hydrogen-bond donors (Lipinski definition) is 2. The fraction of sp³-hybridized carbons (Fsp3) is 0.765. The van der Waals surface area contributed by atoms with Crippen LogP contribution in [-0.2, 0) is 14.2 Å². The van der Waals surface area contributed by atoms with Gasteiger partial charge in [0, 0.05) is 6.54 Å². The van der Waals surface area contributed by atoms with Gasteiger partial charge in [-0.15, -0.1) is 5.10 Å². The lowest BCUT2D eigenvalue weighted by atomic mass is 10.1. The maximum atomic E-state index is 9.71. The Morgan fingerprint density at radius 1 is 1.25 bits per heavy atom. The van der Waals surface area contributed by atoms with Gasteiger partial charge in [0.15, 0.2) is 34.2 Å². The summed E-state index contributed by atoms with van der Waals surface area (Å²) in [6, 6.07) is 0. The molecule has 4 atom stereocenters. The molecule has 0 aliphatic carbocycles. The zero-order valence-corrected chi connectivity index (χ0v) is 17.3. The Balaban J connectivity index is 1.72. The van der Waals surface area contributed by atoms with E-state index in [0.717, 1.165) is 19.4 Å².